The third-order valence-electron chi connectivity index (χ3n) is 4.37. The lowest BCUT2D eigenvalue weighted by molar-refractivity contribution is 0.0787. The van der Waals surface area contributed by atoms with Gasteiger partial charge in [0.05, 0.1) is 5.02 Å². The molecule has 0 aromatic heterocycles. The van der Waals surface area contributed by atoms with E-state index in [1.807, 2.05) is 35.2 Å². The molecule has 3 nitrogen and oxygen atoms in total. The Bertz CT molecular complexity index is 772. The molecular weight excluding hydrogens is 411 g/mol. The van der Waals surface area contributed by atoms with E-state index in [2.05, 4.69) is 0 Å². The van der Waals surface area contributed by atoms with Gasteiger partial charge in [-0.2, -0.15) is 0 Å². The van der Waals surface area contributed by atoms with Gasteiger partial charge in [0.1, 0.15) is 0 Å². The molecule has 0 aliphatic carbocycles. The second-order valence-corrected chi connectivity index (χ2v) is 8.07. The molecule has 1 heterocycles. The van der Waals surface area contributed by atoms with Crippen molar-refractivity contribution in [2.75, 3.05) is 19.6 Å². The number of nitrogens with two attached hydrogens (primary N) is 1. The molecule has 2 aromatic rings. The summed E-state index contributed by atoms with van der Waals surface area (Å²) in [7, 11) is 0. The Balaban J connectivity index is 0.00000243. The molecule has 1 atom stereocenters. The van der Waals surface area contributed by atoms with Crippen LogP contribution in [0.1, 0.15) is 22.3 Å². The third-order valence-corrected chi connectivity index (χ3v) is 6.17. The smallest absolute Gasteiger partial charge is 0.253 e. The van der Waals surface area contributed by atoms with E-state index in [1.54, 1.807) is 23.9 Å². The molecular formula is C19H21Cl3N2OS. The zero-order valence-corrected chi connectivity index (χ0v) is 17.3. The predicted molar refractivity (Wildman–Crippen MR) is 113 cm³/mol. The van der Waals surface area contributed by atoms with E-state index in [-0.39, 0.29) is 18.3 Å². The van der Waals surface area contributed by atoms with Gasteiger partial charge in [0, 0.05) is 34.3 Å². The topological polar surface area (TPSA) is 46.3 Å². The van der Waals surface area contributed by atoms with Crippen LogP contribution in [0.3, 0.4) is 0 Å². The highest BCUT2D eigenvalue weighted by molar-refractivity contribution is 7.98. The van der Waals surface area contributed by atoms with Crippen molar-refractivity contribution in [2.24, 2.45) is 11.7 Å². The van der Waals surface area contributed by atoms with Gasteiger partial charge < -0.3 is 10.6 Å². The first-order chi connectivity index (χ1) is 12.1. The summed E-state index contributed by atoms with van der Waals surface area (Å²) < 4.78 is 0. The molecule has 7 heteroatoms. The van der Waals surface area contributed by atoms with Crippen LogP contribution in [0.2, 0.25) is 10.0 Å². The van der Waals surface area contributed by atoms with Crippen molar-refractivity contribution >= 4 is 53.3 Å². The lowest BCUT2D eigenvalue weighted by atomic mass is 10.1. The monoisotopic (exact) mass is 430 g/mol. The van der Waals surface area contributed by atoms with Crippen LogP contribution < -0.4 is 5.73 Å². The van der Waals surface area contributed by atoms with E-state index < -0.39 is 0 Å². The highest BCUT2D eigenvalue weighted by atomic mass is 35.5. The number of carbonyl (C=O) groups excluding carboxylic acids is 1. The molecule has 1 saturated heterocycles. The summed E-state index contributed by atoms with van der Waals surface area (Å²) in [5, 5.41) is 1.35. The molecule has 2 N–H and O–H groups in total. The van der Waals surface area contributed by atoms with Crippen molar-refractivity contribution < 1.29 is 4.79 Å². The van der Waals surface area contributed by atoms with Crippen molar-refractivity contribution in [3.63, 3.8) is 0 Å². The predicted octanol–water partition coefficient (Wildman–Crippen LogP) is 5.13. The van der Waals surface area contributed by atoms with E-state index >= 15 is 0 Å². The van der Waals surface area contributed by atoms with E-state index in [0.717, 1.165) is 41.3 Å². The van der Waals surface area contributed by atoms with Gasteiger partial charge >= 0.3 is 0 Å². The van der Waals surface area contributed by atoms with Gasteiger partial charge in [-0.15, -0.1) is 24.2 Å². The Labute approximate surface area is 174 Å². The molecule has 1 aliphatic heterocycles. The fraction of sp³-hybridized carbons (Fsp3) is 0.316. The minimum Gasteiger partial charge on any atom is -0.338 e. The standard InChI is InChI=1S/C19H20Cl2N2OS.ClH/c20-16-4-5-17(21)18(9-16)25-12-13-2-1-3-15(8-13)19(24)23-7-6-14(10-22)11-23;/h1-5,8-9,14H,6-7,10-12,22H2;1H. The van der Waals surface area contributed by atoms with Crippen LogP contribution in [0.5, 0.6) is 0 Å². The van der Waals surface area contributed by atoms with Gasteiger partial charge in [0.15, 0.2) is 0 Å². The SMILES string of the molecule is Cl.NCC1CCN(C(=O)c2cccc(CSc3cc(Cl)ccc3Cl)c2)C1. The molecule has 1 fully saturated rings. The van der Waals surface area contributed by atoms with Crippen molar-refractivity contribution in [2.45, 2.75) is 17.1 Å². The average Bonchev–Trinajstić information content (AvgIpc) is 3.11. The first-order valence-electron chi connectivity index (χ1n) is 8.23. The number of halogens is 3. The van der Waals surface area contributed by atoms with Crippen LogP contribution in [-0.4, -0.2) is 30.4 Å². The minimum absolute atomic E-state index is 0. The summed E-state index contributed by atoms with van der Waals surface area (Å²) in [4.78, 5) is 15.5. The molecule has 0 bridgehead atoms. The van der Waals surface area contributed by atoms with Crippen LogP contribution in [0.15, 0.2) is 47.4 Å². The molecule has 26 heavy (non-hydrogen) atoms. The second kappa shape index (κ2) is 9.86. The van der Waals surface area contributed by atoms with E-state index in [0.29, 0.717) is 22.5 Å². The molecule has 2 aromatic carbocycles. The summed E-state index contributed by atoms with van der Waals surface area (Å²) in [5.74, 6) is 1.24. The van der Waals surface area contributed by atoms with Gasteiger partial charge in [-0.3, -0.25) is 4.79 Å². The number of rotatable bonds is 5. The summed E-state index contributed by atoms with van der Waals surface area (Å²) >= 11 is 13.9. The molecule has 0 saturated carbocycles. The number of thioether (sulfide) groups is 1. The largest absolute Gasteiger partial charge is 0.338 e. The van der Waals surface area contributed by atoms with Gasteiger partial charge in [0.25, 0.3) is 5.91 Å². The van der Waals surface area contributed by atoms with Crippen LogP contribution in [0.25, 0.3) is 0 Å². The van der Waals surface area contributed by atoms with Crippen molar-refractivity contribution in [3.8, 4) is 0 Å². The first-order valence-corrected chi connectivity index (χ1v) is 9.97. The normalized spacial score (nSPS) is 16.4. The zero-order valence-electron chi connectivity index (χ0n) is 14.2. The molecule has 1 unspecified atom stereocenters. The fourth-order valence-electron chi connectivity index (χ4n) is 2.94. The fourth-order valence-corrected chi connectivity index (χ4v) is 4.37. The number of likely N-dealkylation sites (tertiary alicyclic amines) is 1. The average molecular weight is 432 g/mol. The van der Waals surface area contributed by atoms with Crippen LogP contribution in [0, 0.1) is 5.92 Å². The number of hydrogen-bond acceptors (Lipinski definition) is 3. The quantitative estimate of drug-likeness (QED) is 0.668. The second-order valence-electron chi connectivity index (χ2n) is 6.21. The number of carbonyl (C=O) groups is 1. The summed E-state index contributed by atoms with van der Waals surface area (Å²) in [6.45, 7) is 2.19. The zero-order chi connectivity index (χ0) is 17.8. The van der Waals surface area contributed by atoms with E-state index in [4.69, 9.17) is 28.9 Å². The molecule has 1 aliphatic rings. The Morgan fingerprint density at radius 3 is 2.77 bits per heavy atom. The van der Waals surface area contributed by atoms with Crippen molar-refractivity contribution in [1.82, 2.24) is 4.90 Å². The Morgan fingerprint density at radius 1 is 1.23 bits per heavy atom. The van der Waals surface area contributed by atoms with Gasteiger partial charge in [0.2, 0.25) is 0 Å². The Morgan fingerprint density at radius 2 is 2.04 bits per heavy atom. The summed E-state index contributed by atoms with van der Waals surface area (Å²) in [6, 6.07) is 13.2. The Hall–Kier alpha value is -0.910. The number of nitrogens with zero attached hydrogens (tertiary/aromatic N) is 1. The minimum atomic E-state index is 0. The molecule has 0 spiro atoms. The van der Waals surface area contributed by atoms with Crippen LogP contribution in [0.4, 0.5) is 0 Å². The molecule has 3 rings (SSSR count). The maximum Gasteiger partial charge on any atom is 0.253 e. The number of hydrogen-bond donors (Lipinski definition) is 1. The highest BCUT2D eigenvalue weighted by Crippen LogP contribution is 2.32. The summed E-state index contributed by atoms with van der Waals surface area (Å²) in [6.07, 6.45) is 0.991. The Kier molecular flexibility index (Phi) is 8.11. The maximum atomic E-state index is 12.7. The summed E-state index contributed by atoms with van der Waals surface area (Å²) in [5.41, 5.74) is 7.53. The molecule has 1 amide bonds. The van der Waals surface area contributed by atoms with Crippen LogP contribution in [-0.2, 0) is 5.75 Å². The van der Waals surface area contributed by atoms with Crippen LogP contribution >= 0.6 is 47.4 Å². The van der Waals surface area contributed by atoms with E-state index in [9.17, 15) is 4.79 Å². The first kappa shape index (κ1) is 21.4. The van der Waals surface area contributed by atoms with Gasteiger partial charge in [-0.1, -0.05) is 35.3 Å². The van der Waals surface area contributed by atoms with Crippen molar-refractivity contribution in [3.05, 3.63) is 63.6 Å². The highest BCUT2D eigenvalue weighted by Gasteiger charge is 2.26. The lowest BCUT2D eigenvalue weighted by Crippen LogP contribution is -2.29. The number of amides is 1. The van der Waals surface area contributed by atoms with Crippen molar-refractivity contribution in [1.29, 1.82) is 0 Å². The number of benzene rings is 2. The van der Waals surface area contributed by atoms with Gasteiger partial charge in [-0.25, -0.2) is 0 Å². The lowest BCUT2D eigenvalue weighted by Gasteiger charge is -2.16. The van der Waals surface area contributed by atoms with Gasteiger partial charge in [-0.05, 0) is 54.8 Å². The maximum absolute atomic E-state index is 12.7. The molecule has 0 radical (unpaired) electrons. The third kappa shape index (κ3) is 5.30. The van der Waals surface area contributed by atoms with E-state index in [1.165, 1.54) is 0 Å². The molecule has 140 valence electrons.